The Balaban J connectivity index is 2.32. The van der Waals surface area contributed by atoms with Crippen molar-refractivity contribution in [1.82, 2.24) is 0 Å². The van der Waals surface area contributed by atoms with E-state index in [0.29, 0.717) is 5.75 Å². The SMILES string of the molecule is CSc1ccc(Oc2cccc(N)c2[N+](=O)[O-])cc1. The average molecular weight is 276 g/mol. The van der Waals surface area contributed by atoms with E-state index < -0.39 is 4.92 Å². The number of ether oxygens (including phenoxy) is 1. The maximum atomic E-state index is 11.0. The minimum Gasteiger partial charge on any atom is -0.450 e. The third kappa shape index (κ3) is 2.97. The van der Waals surface area contributed by atoms with Gasteiger partial charge in [0.15, 0.2) is 0 Å². The van der Waals surface area contributed by atoms with Crippen LogP contribution in [0.15, 0.2) is 47.4 Å². The van der Waals surface area contributed by atoms with Gasteiger partial charge in [-0.1, -0.05) is 6.07 Å². The van der Waals surface area contributed by atoms with E-state index in [0.717, 1.165) is 4.90 Å². The van der Waals surface area contributed by atoms with Gasteiger partial charge in [0.25, 0.3) is 0 Å². The molecule has 0 amide bonds. The standard InChI is InChI=1S/C13H12N2O3S/c1-19-10-7-5-9(6-8-10)18-12-4-2-3-11(14)13(12)15(16)17/h2-8H,14H2,1H3. The Labute approximate surface area is 114 Å². The third-order valence-corrected chi connectivity index (χ3v) is 3.24. The number of nitrogen functional groups attached to an aromatic ring is 1. The molecule has 0 atom stereocenters. The van der Waals surface area contributed by atoms with Crippen LogP contribution >= 0.6 is 11.8 Å². The van der Waals surface area contributed by atoms with Crippen LogP contribution in [-0.4, -0.2) is 11.2 Å². The molecule has 0 heterocycles. The first kappa shape index (κ1) is 13.2. The Kier molecular flexibility index (Phi) is 3.91. The van der Waals surface area contributed by atoms with E-state index in [1.807, 2.05) is 18.4 Å². The van der Waals surface area contributed by atoms with Gasteiger partial charge in [0.05, 0.1) is 4.92 Å². The van der Waals surface area contributed by atoms with Crippen molar-refractivity contribution < 1.29 is 9.66 Å². The summed E-state index contributed by atoms with van der Waals surface area (Å²) in [7, 11) is 0. The molecule has 5 nitrogen and oxygen atoms in total. The van der Waals surface area contributed by atoms with Crippen LogP contribution in [-0.2, 0) is 0 Å². The van der Waals surface area contributed by atoms with E-state index in [4.69, 9.17) is 10.5 Å². The summed E-state index contributed by atoms with van der Waals surface area (Å²) in [6.45, 7) is 0. The zero-order valence-electron chi connectivity index (χ0n) is 10.2. The molecule has 6 heteroatoms. The molecule has 0 fully saturated rings. The van der Waals surface area contributed by atoms with Gasteiger partial charge in [-0.2, -0.15) is 0 Å². The number of rotatable bonds is 4. The van der Waals surface area contributed by atoms with Gasteiger partial charge in [0, 0.05) is 4.90 Å². The van der Waals surface area contributed by atoms with Crippen LogP contribution in [0.3, 0.4) is 0 Å². The monoisotopic (exact) mass is 276 g/mol. The second kappa shape index (κ2) is 5.62. The number of hydrogen-bond acceptors (Lipinski definition) is 5. The summed E-state index contributed by atoms with van der Waals surface area (Å²) >= 11 is 1.61. The molecular formula is C13H12N2O3S. The predicted molar refractivity (Wildman–Crippen MR) is 75.8 cm³/mol. The fourth-order valence-electron chi connectivity index (χ4n) is 1.59. The summed E-state index contributed by atoms with van der Waals surface area (Å²) in [6, 6.07) is 11.9. The lowest BCUT2D eigenvalue weighted by Crippen LogP contribution is -1.98. The Morgan fingerprint density at radius 3 is 2.47 bits per heavy atom. The molecule has 0 bridgehead atoms. The molecule has 19 heavy (non-hydrogen) atoms. The number of hydrogen-bond donors (Lipinski definition) is 1. The Morgan fingerprint density at radius 2 is 1.89 bits per heavy atom. The molecular weight excluding hydrogens is 264 g/mol. The molecule has 2 aromatic rings. The number of para-hydroxylation sites is 1. The van der Waals surface area contributed by atoms with Gasteiger partial charge < -0.3 is 10.5 Å². The Morgan fingerprint density at radius 1 is 1.21 bits per heavy atom. The molecule has 0 aliphatic rings. The van der Waals surface area contributed by atoms with Crippen molar-refractivity contribution in [2.24, 2.45) is 0 Å². The van der Waals surface area contributed by atoms with Crippen molar-refractivity contribution in [3.63, 3.8) is 0 Å². The fourth-order valence-corrected chi connectivity index (χ4v) is 2.00. The van der Waals surface area contributed by atoms with Crippen LogP contribution in [0, 0.1) is 10.1 Å². The van der Waals surface area contributed by atoms with Gasteiger partial charge in [-0.3, -0.25) is 10.1 Å². The van der Waals surface area contributed by atoms with Gasteiger partial charge in [-0.15, -0.1) is 11.8 Å². The van der Waals surface area contributed by atoms with Crippen molar-refractivity contribution in [1.29, 1.82) is 0 Å². The second-order valence-corrected chi connectivity index (χ2v) is 4.61. The first-order valence-electron chi connectivity index (χ1n) is 5.46. The minimum atomic E-state index is -0.541. The average Bonchev–Trinajstić information content (AvgIpc) is 2.39. The predicted octanol–water partition coefficient (Wildman–Crippen LogP) is 3.69. The summed E-state index contributed by atoms with van der Waals surface area (Å²) in [5.41, 5.74) is 5.47. The number of nitrogens with zero attached hydrogens (tertiary/aromatic N) is 1. The van der Waals surface area contributed by atoms with Gasteiger partial charge in [0.2, 0.25) is 5.75 Å². The lowest BCUT2D eigenvalue weighted by Gasteiger charge is -2.07. The maximum Gasteiger partial charge on any atom is 0.334 e. The highest BCUT2D eigenvalue weighted by Crippen LogP contribution is 2.36. The van der Waals surface area contributed by atoms with Crippen molar-refractivity contribution in [2.75, 3.05) is 12.0 Å². The van der Waals surface area contributed by atoms with E-state index in [9.17, 15) is 10.1 Å². The molecule has 2 rings (SSSR count). The van der Waals surface area contributed by atoms with Crippen molar-refractivity contribution in [3.05, 3.63) is 52.6 Å². The zero-order chi connectivity index (χ0) is 13.8. The molecule has 0 aromatic heterocycles. The summed E-state index contributed by atoms with van der Waals surface area (Å²) in [4.78, 5) is 11.5. The van der Waals surface area contributed by atoms with E-state index in [1.54, 1.807) is 30.0 Å². The van der Waals surface area contributed by atoms with Crippen LogP contribution in [0.1, 0.15) is 0 Å². The number of nitrogens with two attached hydrogens (primary N) is 1. The van der Waals surface area contributed by atoms with Gasteiger partial charge >= 0.3 is 5.69 Å². The highest BCUT2D eigenvalue weighted by Gasteiger charge is 2.19. The first-order valence-corrected chi connectivity index (χ1v) is 6.69. The van der Waals surface area contributed by atoms with Crippen molar-refractivity contribution in [3.8, 4) is 11.5 Å². The highest BCUT2D eigenvalue weighted by molar-refractivity contribution is 7.98. The molecule has 2 N–H and O–H groups in total. The van der Waals surface area contributed by atoms with Crippen LogP contribution in [0.25, 0.3) is 0 Å². The Bertz CT molecular complexity index is 599. The Hall–Kier alpha value is -2.21. The molecule has 2 aromatic carbocycles. The van der Waals surface area contributed by atoms with Crippen LogP contribution < -0.4 is 10.5 Å². The number of benzene rings is 2. The summed E-state index contributed by atoms with van der Waals surface area (Å²) in [5, 5.41) is 11.0. The summed E-state index contributed by atoms with van der Waals surface area (Å²) in [6.07, 6.45) is 1.97. The molecule has 0 unspecified atom stereocenters. The number of anilines is 1. The summed E-state index contributed by atoms with van der Waals surface area (Å²) in [5.74, 6) is 0.674. The largest absolute Gasteiger partial charge is 0.450 e. The zero-order valence-corrected chi connectivity index (χ0v) is 11.0. The number of thioether (sulfide) groups is 1. The third-order valence-electron chi connectivity index (χ3n) is 2.50. The van der Waals surface area contributed by atoms with Crippen molar-refractivity contribution >= 4 is 23.1 Å². The van der Waals surface area contributed by atoms with Gasteiger partial charge in [0.1, 0.15) is 11.4 Å². The van der Waals surface area contributed by atoms with Gasteiger partial charge in [-0.25, -0.2) is 0 Å². The summed E-state index contributed by atoms with van der Waals surface area (Å²) < 4.78 is 5.52. The molecule has 0 aliphatic heterocycles. The molecule has 0 spiro atoms. The lowest BCUT2D eigenvalue weighted by molar-refractivity contribution is -0.384. The van der Waals surface area contributed by atoms with Gasteiger partial charge in [-0.05, 0) is 42.7 Å². The van der Waals surface area contributed by atoms with E-state index in [2.05, 4.69) is 0 Å². The molecule has 98 valence electrons. The lowest BCUT2D eigenvalue weighted by atomic mass is 10.2. The highest BCUT2D eigenvalue weighted by atomic mass is 32.2. The number of nitro groups is 1. The van der Waals surface area contributed by atoms with Crippen LogP contribution in [0.2, 0.25) is 0 Å². The first-order chi connectivity index (χ1) is 9.11. The van der Waals surface area contributed by atoms with E-state index in [-0.39, 0.29) is 17.1 Å². The quantitative estimate of drug-likeness (QED) is 0.399. The van der Waals surface area contributed by atoms with E-state index >= 15 is 0 Å². The minimum absolute atomic E-state index is 0.0863. The molecule has 0 aliphatic carbocycles. The van der Waals surface area contributed by atoms with Crippen LogP contribution in [0.4, 0.5) is 11.4 Å². The normalized spacial score (nSPS) is 10.2. The topological polar surface area (TPSA) is 78.4 Å². The fraction of sp³-hybridized carbons (Fsp3) is 0.0769. The number of nitro benzene ring substituents is 1. The van der Waals surface area contributed by atoms with Crippen molar-refractivity contribution in [2.45, 2.75) is 4.90 Å². The molecule has 0 saturated carbocycles. The molecule has 0 saturated heterocycles. The second-order valence-electron chi connectivity index (χ2n) is 3.73. The van der Waals surface area contributed by atoms with E-state index in [1.165, 1.54) is 12.1 Å². The maximum absolute atomic E-state index is 11.0. The van der Waals surface area contributed by atoms with Crippen LogP contribution in [0.5, 0.6) is 11.5 Å². The molecule has 0 radical (unpaired) electrons. The smallest absolute Gasteiger partial charge is 0.334 e.